The van der Waals surface area contributed by atoms with Crippen molar-refractivity contribution in [3.63, 3.8) is 0 Å². The minimum atomic E-state index is -4.68. The second-order valence-corrected chi connectivity index (χ2v) is 21.5. The molecule has 0 heterocycles. The fourth-order valence-corrected chi connectivity index (χ4v) is 8.59. The standard InChI is InChI=1S/C57H107N2O7P/c1-6-8-10-12-14-16-18-20-21-22-23-24-25-26-27-28-29-30-31-32-33-34-35-36-37-38-40-42-44-46-48-50-56(61)58-54(53-66-67(63,64)65-52-51-59(3,4)5)57(62)55(60)49-47-45-43-41-39-19-17-15-13-11-9-7-2/h15,17-18,20,22-23,25-26,41,43,54-55,57,60,62H,6-14,16,19,21,24,27-40,42,44-53H2,1-5H3,(H-,58,61,63,64)/b17-15+,20-18-,23-22-,26-25-,43-41+. The molecule has 67 heavy (non-hydrogen) atoms. The lowest BCUT2D eigenvalue weighted by atomic mass is 10.0. The van der Waals surface area contributed by atoms with Crippen molar-refractivity contribution in [2.45, 2.75) is 257 Å². The summed E-state index contributed by atoms with van der Waals surface area (Å²) in [6.07, 6.45) is 60.1. The minimum absolute atomic E-state index is 0.0500. The van der Waals surface area contributed by atoms with Gasteiger partial charge in [-0.2, -0.15) is 0 Å². The highest BCUT2D eigenvalue weighted by Crippen LogP contribution is 2.38. The number of aliphatic hydroxyl groups is 2. The predicted octanol–water partition coefficient (Wildman–Crippen LogP) is 14.9. The lowest BCUT2D eigenvalue weighted by Crippen LogP contribution is -2.51. The molecule has 10 heteroatoms. The van der Waals surface area contributed by atoms with Gasteiger partial charge in [0.05, 0.1) is 39.9 Å². The Morgan fingerprint density at radius 1 is 0.537 bits per heavy atom. The van der Waals surface area contributed by atoms with Crippen LogP contribution >= 0.6 is 7.82 Å². The normalized spacial score (nSPS) is 14.9. The van der Waals surface area contributed by atoms with Crippen LogP contribution in [0.2, 0.25) is 0 Å². The number of phosphoric acid groups is 1. The van der Waals surface area contributed by atoms with Crippen LogP contribution in [0.25, 0.3) is 0 Å². The molecule has 9 nitrogen and oxygen atoms in total. The summed E-state index contributed by atoms with van der Waals surface area (Å²) in [6.45, 7) is 4.37. The zero-order chi connectivity index (χ0) is 49.4. The Kier molecular flexibility index (Phi) is 46.5. The molecule has 0 aliphatic carbocycles. The molecular weight excluding hydrogens is 856 g/mol. The summed E-state index contributed by atoms with van der Waals surface area (Å²) < 4.78 is 23.2. The van der Waals surface area contributed by atoms with Gasteiger partial charge in [0, 0.05) is 6.42 Å². The average molecular weight is 963 g/mol. The molecule has 0 radical (unpaired) electrons. The number of amides is 1. The quantitative estimate of drug-likeness (QED) is 0.0240. The Bertz CT molecular complexity index is 1290. The van der Waals surface area contributed by atoms with Crippen LogP contribution in [0, 0.1) is 0 Å². The highest BCUT2D eigenvalue weighted by atomic mass is 31.2. The first-order chi connectivity index (χ1) is 32.4. The molecule has 4 atom stereocenters. The lowest BCUT2D eigenvalue weighted by Gasteiger charge is -2.31. The first-order valence-electron chi connectivity index (χ1n) is 27.7. The van der Waals surface area contributed by atoms with Gasteiger partial charge in [-0.3, -0.25) is 9.36 Å². The summed E-state index contributed by atoms with van der Waals surface area (Å²) >= 11 is 0. The number of unbranched alkanes of at least 4 members (excludes halogenated alkanes) is 26. The maximum absolute atomic E-state index is 13.0. The molecule has 0 saturated carbocycles. The van der Waals surface area contributed by atoms with Crippen molar-refractivity contribution in [3.05, 3.63) is 60.8 Å². The fraction of sp³-hybridized carbons (Fsp3) is 0.807. The molecule has 392 valence electrons. The van der Waals surface area contributed by atoms with E-state index in [1.54, 1.807) is 0 Å². The van der Waals surface area contributed by atoms with Crippen LogP contribution in [0.5, 0.6) is 0 Å². The third kappa shape index (κ3) is 49.0. The molecule has 0 aliphatic rings. The van der Waals surface area contributed by atoms with Crippen LogP contribution < -0.4 is 10.2 Å². The number of quaternary nitrogens is 1. The Morgan fingerprint density at radius 3 is 1.39 bits per heavy atom. The number of carbonyl (C=O) groups excluding carboxylic acids is 1. The predicted molar refractivity (Wildman–Crippen MR) is 285 cm³/mol. The van der Waals surface area contributed by atoms with E-state index in [0.29, 0.717) is 30.3 Å². The van der Waals surface area contributed by atoms with Crippen molar-refractivity contribution in [1.29, 1.82) is 0 Å². The largest absolute Gasteiger partial charge is 0.756 e. The van der Waals surface area contributed by atoms with E-state index < -0.39 is 32.7 Å². The second kappa shape index (κ2) is 47.8. The van der Waals surface area contributed by atoms with E-state index in [1.165, 1.54) is 141 Å². The smallest absolute Gasteiger partial charge is 0.268 e. The maximum Gasteiger partial charge on any atom is 0.268 e. The topological polar surface area (TPSA) is 128 Å². The van der Waals surface area contributed by atoms with E-state index in [4.69, 9.17) is 9.05 Å². The molecule has 0 aliphatic heterocycles. The van der Waals surface area contributed by atoms with Crippen LogP contribution in [0.3, 0.4) is 0 Å². The number of likely N-dealkylation sites (N-methyl/N-ethyl adjacent to an activating group) is 1. The van der Waals surface area contributed by atoms with E-state index in [9.17, 15) is 24.5 Å². The van der Waals surface area contributed by atoms with Gasteiger partial charge in [0.15, 0.2) is 0 Å². The fourth-order valence-electron chi connectivity index (χ4n) is 7.87. The average Bonchev–Trinajstić information content (AvgIpc) is 3.29. The zero-order valence-corrected chi connectivity index (χ0v) is 45.1. The zero-order valence-electron chi connectivity index (χ0n) is 44.2. The summed E-state index contributed by atoms with van der Waals surface area (Å²) in [7, 11) is 1.10. The van der Waals surface area contributed by atoms with Gasteiger partial charge in [0.25, 0.3) is 7.82 Å². The highest BCUT2D eigenvalue weighted by molar-refractivity contribution is 7.45. The van der Waals surface area contributed by atoms with Gasteiger partial charge in [-0.25, -0.2) is 0 Å². The summed E-state index contributed by atoms with van der Waals surface area (Å²) in [5.41, 5.74) is 0. The Hall–Kier alpha value is -1.84. The molecule has 0 bridgehead atoms. The summed E-state index contributed by atoms with van der Waals surface area (Å²) in [5, 5.41) is 24.7. The number of nitrogens with zero attached hydrogens (tertiary/aromatic N) is 1. The Morgan fingerprint density at radius 2 is 0.910 bits per heavy atom. The van der Waals surface area contributed by atoms with Crippen molar-refractivity contribution < 1.29 is 38.0 Å². The first kappa shape index (κ1) is 65.2. The molecule has 0 aromatic rings. The maximum atomic E-state index is 13.0. The van der Waals surface area contributed by atoms with Gasteiger partial charge in [0.2, 0.25) is 5.91 Å². The number of nitrogens with one attached hydrogen (secondary N) is 1. The van der Waals surface area contributed by atoms with Gasteiger partial charge in [-0.05, 0) is 89.9 Å². The van der Waals surface area contributed by atoms with Crippen molar-refractivity contribution in [3.8, 4) is 0 Å². The van der Waals surface area contributed by atoms with Gasteiger partial charge < -0.3 is 34.0 Å². The number of rotatable bonds is 50. The molecule has 0 fully saturated rings. The van der Waals surface area contributed by atoms with E-state index in [1.807, 2.05) is 21.1 Å². The van der Waals surface area contributed by atoms with E-state index in [-0.39, 0.29) is 18.9 Å². The highest BCUT2D eigenvalue weighted by Gasteiger charge is 2.29. The molecule has 1 amide bonds. The molecule has 0 spiro atoms. The van der Waals surface area contributed by atoms with Crippen molar-refractivity contribution in [1.82, 2.24) is 5.32 Å². The monoisotopic (exact) mass is 963 g/mol. The van der Waals surface area contributed by atoms with Crippen LogP contribution in [0.1, 0.15) is 239 Å². The number of phosphoric ester groups is 1. The van der Waals surface area contributed by atoms with Crippen molar-refractivity contribution in [2.75, 3.05) is 40.9 Å². The van der Waals surface area contributed by atoms with E-state index in [2.05, 4.69) is 79.9 Å². The van der Waals surface area contributed by atoms with Crippen LogP contribution in [0.15, 0.2) is 60.8 Å². The van der Waals surface area contributed by atoms with Gasteiger partial charge >= 0.3 is 0 Å². The minimum Gasteiger partial charge on any atom is -0.756 e. The van der Waals surface area contributed by atoms with Crippen LogP contribution in [-0.2, 0) is 18.4 Å². The summed E-state index contributed by atoms with van der Waals surface area (Å²) in [6, 6.07) is -1.10. The van der Waals surface area contributed by atoms with Gasteiger partial charge in [0.1, 0.15) is 19.3 Å². The van der Waals surface area contributed by atoms with Crippen molar-refractivity contribution >= 4 is 13.7 Å². The summed E-state index contributed by atoms with van der Waals surface area (Å²) in [4.78, 5) is 25.5. The molecular formula is C57H107N2O7P. The molecule has 4 unspecified atom stereocenters. The molecule has 3 N–H and O–H groups in total. The third-order valence-electron chi connectivity index (χ3n) is 12.3. The van der Waals surface area contributed by atoms with Gasteiger partial charge in [-0.15, -0.1) is 0 Å². The SMILES string of the molecule is CCCCC/C=C/CC/C=C/CCCC(O)C(O)C(COP(=O)([O-])OCC[N+](C)(C)C)NC(=O)CCCCCCCCCCCCCCCCCC/C=C\C/C=C\C/C=C\CCCCCCC. The van der Waals surface area contributed by atoms with E-state index >= 15 is 0 Å². The number of hydrogen-bond donors (Lipinski definition) is 3. The summed E-state index contributed by atoms with van der Waals surface area (Å²) in [5.74, 6) is -0.293. The Balaban J connectivity index is 4.17. The lowest BCUT2D eigenvalue weighted by molar-refractivity contribution is -0.870. The van der Waals surface area contributed by atoms with E-state index in [0.717, 1.165) is 57.8 Å². The Labute approximate surface area is 414 Å². The third-order valence-corrected chi connectivity index (χ3v) is 13.3. The number of allylic oxidation sites excluding steroid dienone is 10. The van der Waals surface area contributed by atoms with Crippen LogP contribution in [0.4, 0.5) is 0 Å². The molecule has 0 aromatic carbocycles. The van der Waals surface area contributed by atoms with Crippen LogP contribution in [-0.4, -0.2) is 79.8 Å². The number of hydrogen-bond acceptors (Lipinski definition) is 7. The first-order valence-corrected chi connectivity index (χ1v) is 29.2. The second-order valence-electron chi connectivity index (χ2n) is 20.1. The number of carbonyl (C=O) groups is 1. The van der Waals surface area contributed by atoms with Gasteiger partial charge in [-0.1, -0.05) is 203 Å². The number of aliphatic hydroxyl groups excluding tert-OH is 2. The van der Waals surface area contributed by atoms with Crippen molar-refractivity contribution in [2.24, 2.45) is 0 Å². The molecule has 0 rings (SSSR count). The molecule has 0 saturated heterocycles. The molecule has 0 aromatic heterocycles.